The van der Waals surface area contributed by atoms with Crippen molar-refractivity contribution in [2.75, 3.05) is 5.32 Å². The minimum absolute atomic E-state index is 0.144. The van der Waals surface area contributed by atoms with Crippen molar-refractivity contribution in [1.29, 1.82) is 0 Å². The van der Waals surface area contributed by atoms with Gasteiger partial charge in [-0.3, -0.25) is 4.79 Å². The fourth-order valence-corrected chi connectivity index (χ4v) is 2.91. The molecule has 0 aliphatic rings. The Morgan fingerprint density at radius 1 is 0.920 bits per heavy atom. The Bertz CT molecular complexity index is 1060. The van der Waals surface area contributed by atoms with Gasteiger partial charge in [-0.15, -0.1) is 0 Å². The van der Waals surface area contributed by atoms with Crippen LogP contribution in [0.15, 0.2) is 83.8 Å². The van der Waals surface area contributed by atoms with Crippen molar-refractivity contribution in [1.82, 2.24) is 9.97 Å². The van der Waals surface area contributed by atoms with Crippen molar-refractivity contribution in [2.45, 2.75) is 6.42 Å². The highest BCUT2D eigenvalue weighted by Gasteiger charge is 2.10. The average molecular weight is 327 g/mol. The molecule has 25 heavy (non-hydrogen) atoms. The molecule has 122 valence electrons. The van der Waals surface area contributed by atoms with E-state index in [2.05, 4.69) is 22.4 Å². The highest BCUT2D eigenvalue weighted by atomic mass is 16.1. The van der Waals surface area contributed by atoms with E-state index in [0.29, 0.717) is 17.6 Å². The van der Waals surface area contributed by atoms with Crippen LogP contribution in [0.1, 0.15) is 11.3 Å². The molecule has 4 nitrogen and oxygen atoms in total. The van der Waals surface area contributed by atoms with Gasteiger partial charge in [0.2, 0.25) is 0 Å². The summed E-state index contributed by atoms with van der Waals surface area (Å²) >= 11 is 0. The molecule has 2 aromatic carbocycles. The third kappa shape index (κ3) is 3.28. The number of pyridine rings is 2. The van der Waals surface area contributed by atoms with Gasteiger partial charge < -0.3 is 10.3 Å². The van der Waals surface area contributed by atoms with Crippen molar-refractivity contribution < 1.29 is 0 Å². The van der Waals surface area contributed by atoms with Crippen molar-refractivity contribution in [2.24, 2.45) is 0 Å². The third-order valence-corrected chi connectivity index (χ3v) is 4.07. The molecule has 0 radical (unpaired) electrons. The van der Waals surface area contributed by atoms with E-state index in [1.807, 2.05) is 60.7 Å². The Balaban J connectivity index is 1.82. The number of benzene rings is 2. The highest BCUT2D eigenvalue weighted by Crippen LogP contribution is 2.23. The predicted molar refractivity (Wildman–Crippen MR) is 101 cm³/mol. The van der Waals surface area contributed by atoms with Crippen LogP contribution in [0.3, 0.4) is 0 Å². The maximum Gasteiger partial charge on any atom is 0.259 e. The number of anilines is 2. The summed E-state index contributed by atoms with van der Waals surface area (Å²) in [4.78, 5) is 19.8. The lowest BCUT2D eigenvalue weighted by atomic mass is 10.1. The highest BCUT2D eigenvalue weighted by molar-refractivity contribution is 5.92. The van der Waals surface area contributed by atoms with Crippen LogP contribution in [0.2, 0.25) is 0 Å². The fourth-order valence-electron chi connectivity index (χ4n) is 2.91. The molecule has 0 amide bonds. The van der Waals surface area contributed by atoms with Crippen LogP contribution >= 0.6 is 0 Å². The maximum absolute atomic E-state index is 12.3. The lowest BCUT2D eigenvalue weighted by Gasteiger charge is -2.11. The van der Waals surface area contributed by atoms with E-state index in [9.17, 15) is 4.79 Å². The Labute approximate surface area is 145 Å². The predicted octanol–water partition coefficient (Wildman–Crippen LogP) is 4.26. The quantitative estimate of drug-likeness (QED) is 0.589. The molecule has 0 bridgehead atoms. The van der Waals surface area contributed by atoms with Crippen molar-refractivity contribution >= 4 is 22.3 Å². The van der Waals surface area contributed by atoms with Crippen LogP contribution in [-0.4, -0.2) is 9.97 Å². The molecule has 2 aromatic heterocycles. The molecular weight excluding hydrogens is 310 g/mol. The van der Waals surface area contributed by atoms with Gasteiger partial charge in [0, 0.05) is 24.0 Å². The Morgan fingerprint density at radius 3 is 2.40 bits per heavy atom. The second-order valence-electron chi connectivity index (χ2n) is 5.89. The number of aromatic amines is 1. The summed E-state index contributed by atoms with van der Waals surface area (Å²) in [6.07, 6.45) is 2.39. The molecule has 2 heterocycles. The minimum atomic E-state index is -0.144. The average Bonchev–Trinajstić information content (AvgIpc) is 2.63. The third-order valence-electron chi connectivity index (χ3n) is 4.07. The van der Waals surface area contributed by atoms with Crippen molar-refractivity contribution in [3.63, 3.8) is 0 Å². The van der Waals surface area contributed by atoms with E-state index in [1.165, 1.54) is 5.56 Å². The van der Waals surface area contributed by atoms with E-state index in [1.54, 1.807) is 6.20 Å². The molecule has 0 unspecified atom stereocenters. The SMILES string of the molecule is O=c1[nH]ccc2cc(Cc3ccccc3)nc(Nc3ccccc3)c12. The van der Waals surface area contributed by atoms with E-state index in [0.717, 1.165) is 16.8 Å². The zero-order valence-electron chi connectivity index (χ0n) is 13.6. The van der Waals surface area contributed by atoms with E-state index in [-0.39, 0.29) is 5.56 Å². The first-order valence-electron chi connectivity index (χ1n) is 8.17. The molecule has 4 heteroatoms. The molecule has 4 rings (SSSR count). The second kappa shape index (κ2) is 6.61. The smallest absolute Gasteiger partial charge is 0.259 e. The van der Waals surface area contributed by atoms with Gasteiger partial charge >= 0.3 is 0 Å². The Morgan fingerprint density at radius 2 is 1.64 bits per heavy atom. The van der Waals surface area contributed by atoms with Gasteiger partial charge in [-0.25, -0.2) is 4.98 Å². The van der Waals surface area contributed by atoms with Gasteiger partial charge in [0.15, 0.2) is 0 Å². The molecule has 0 aliphatic carbocycles. The number of rotatable bonds is 4. The van der Waals surface area contributed by atoms with E-state index >= 15 is 0 Å². The molecule has 2 N–H and O–H groups in total. The molecular formula is C21H17N3O. The number of H-pyrrole nitrogens is 1. The van der Waals surface area contributed by atoms with Gasteiger partial charge in [0.25, 0.3) is 5.56 Å². The molecule has 0 fully saturated rings. The number of nitrogens with one attached hydrogen (secondary N) is 2. The van der Waals surface area contributed by atoms with Gasteiger partial charge in [-0.05, 0) is 35.2 Å². The maximum atomic E-state index is 12.3. The van der Waals surface area contributed by atoms with Crippen LogP contribution in [-0.2, 0) is 6.42 Å². The molecule has 0 saturated heterocycles. The van der Waals surface area contributed by atoms with Gasteiger partial charge in [-0.2, -0.15) is 0 Å². The zero-order valence-corrected chi connectivity index (χ0v) is 13.6. The number of para-hydroxylation sites is 1. The summed E-state index contributed by atoms with van der Waals surface area (Å²) in [6.45, 7) is 0. The van der Waals surface area contributed by atoms with Crippen LogP contribution < -0.4 is 10.9 Å². The number of hydrogen-bond donors (Lipinski definition) is 2. The van der Waals surface area contributed by atoms with Crippen LogP contribution in [0.4, 0.5) is 11.5 Å². The summed E-state index contributed by atoms with van der Waals surface area (Å²) in [5.74, 6) is 0.580. The normalized spacial score (nSPS) is 10.7. The zero-order chi connectivity index (χ0) is 17.1. The Hall–Kier alpha value is -3.40. The molecule has 4 aromatic rings. The van der Waals surface area contributed by atoms with Crippen LogP contribution in [0, 0.1) is 0 Å². The first-order chi connectivity index (χ1) is 12.3. The summed E-state index contributed by atoms with van der Waals surface area (Å²) in [5, 5.41) is 4.73. The lowest BCUT2D eigenvalue weighted by molar-refractivity contribution is 1.08. The van der Waals surface area contributed by atoms with E-state index < -0.39 is 0 Å². The molecule has 0 spiro atoms. The van der Waals surface area contributed by atoms with E-state index in [4.69, 9.17) is 4.98 Å². The standard InChI is InChI=1S/C21H17N3O/c25-21-19-16(11-12-22-21)14-18(13-15-7-3-1-4-8-15)24-20(19)23-17-9-5-2-6-10-17/h1-12,14H,13H2,(H,22,25)(H,23,24). The second-order valence-corrected chi connectivity index (χ2v) is 5.89. The number of nitrogens with zero attached hydrogens (tertiary/aromatic N) is 1. The summed E-state index contributed by atoms with van der Waals surface area (Å²) in [5.41, 5.74) is 2.86. The largest absolute Gasteiger partial charge is 0.340 e. The minimum Gasteiger partial charge on any atom is -0.340 e. The van der Waals surface area contributed by atoms with Crippen molar-refractivity contribution in [3.8, 4) is 0 Å². The summed E-state index contributed by atoms with van der Waals surface area (Å²) in [7, 11) is 0. The monoisotopic (exact) mass is 327 g/mol. The van der Waals surface area contributed by atoms with Gasteiger partial charge in [-0.1, -0.05) is 48.5 Å². The van der Waals surface area contributed by atoms with Gasteiger partial charge in [0.1, 0.15) is 5.82 Å². The summed E-state index contributed by atoms with van der Waals surface area (Å²) in [6, 6.07) is 23.8. The Kier molecular flexibility index (Phi) is 4.01. The summed E-state index contributed by atoms with van der Waals surface area (Å²) < 4.78 is 0. The van der Waals surface area contributed by atoms with Gasteiger partial charge in [0.05, 0.1) is 5.39 Å². The topological polar surface area (TPSA) is 57.8 Å². The first kappa shape index (κ1) is 15.1. The first-order valence-corrected chi connectivity index (χ1v) is 8.17. The van der Waals surface area contributed by atoms with Crippen LogP contribution in [0.25, 0.3) is 10.8 Å². The lowest BCUT2D eigenvalue weighted by Crippen LogP contribution is -2.10. The van der Waals surface area contributed by atoms with Crippen molar-refractivity contribution in [3.05, 3.63) is 101 Å². The molecule has 0 saturated carbocycles. The number of aromatic nitrogens is 2. The molecule has 0 aliphatic heterocycles. The number of hydrogen-bond acceptors (Lipinski definition) is 3. The fraction of sp³-hybridized carbons (Fsp3) is 0.0476. The number of fused-ring (bicyclic) bond motifs is 1. The van der Waals surface area contributed by atoms with Crippen LogP contribution in [0.5, 0.6) is 0 Å². The molecule has 0 atom stereocenters.